The van der Waals surface area contributed by atoms with Crippen molar-refractivity contribution in [2.24, 2.45) is 4.99 Å². The Morgan fingerprint density at radius 2 is 2.27 bits per heavy atom. The van der Waals surface area contributed by atoms with Gasteiger partial charge in [0.2, 0.25) is 5.91 Å². The summed E-state index contributed by atoms with van der Waals surface area (Å²) in [5.41, 5.74) is 2.10. The van der Waals surface area contributed by atoms with Gasteiger partial charge in [-0.1, -0.05) is 18.2 Å². The van der Waals surface area contributed by atoms with Gasteiger partial charge >= 0.3 is 0 Å². The van der Waals surface area contributed by atoms with Gasteiger partial charge in [0.05, 0.1) is 0 Å². The molecular formula is C12H14N2O. The Labute approximate surface area is 89.2 Å². The molecular weight excluding hydrogens is 188 g/mol. The molecule has 0 aromatic heterocycles. The maximum absolute atomic E-state index is 11.4. The fraction of sp³-hybridized carbons (Fsp3) is 0.333. The van der Waals surface area contributed by atoms with E-state index in [9.17, 15) is 4.79 Å². The molecule has 1 N–H and O–H groups in total. The summed E-state index contributed by atoms with van der Waals surface area (Å²) < 4.78 is 0. The van der Waals surface area contributed by atoms with Crippen molar-refractivity contribution in [1.29, 1.82) is 0 Å². The fourth-order valence-electron chi connectivity index (χ4n) is 1.99. The third-order valence-corrected chi connectivity index (χ3v) is 2.74. The number of carbonyl (C=O) groups is 1. The number of carbonyl (C=O) groups excluding carboxylic acids is 1. The summed E-state index contributed by atoms with van der Waals surface area (Å²) in [6.07, 6.45) is 1.41. The first-order valence-corrected chi connectivity index (χ1v) is 5.12. The fourth-order valence-corrected chi connectivity index (χ4v) is 1.99. The zero-order chi connectivity index (χ0) is 10.7. The molecule has 78 valence electrons. The average Bonchev–Trinajstić information content (AvgIpc) is 2.39. The second kappa shape index (κ2) is 4.26. The van der Waals surface area contributed by atoms with Crippen LogP contribution < -0.4 is 5.32 Å². The van der Waals surface area contributed by atoms with Gasteiger partial charge in [-0.2, -0.15) is 0 Å². The zero-order valence-electron chi connectivity index (χ0n) is 8.57. The first-order valence-electron chi connectivity index (χ1n) is 5.12. The second-order valence-electron chi connectivity index (χ2n) is 3.78. The molecule has 0 fully saturated rings. The maximum atomic E-state index is 11.4. The highest BCUT2D eigenvalue weighted by Gasteiger charge is 2.20. The van der Waals surface area contributed by atoms with Crippen LogP contribution in [0.1, 0.15) is 24.3 Å². The number of benzene rings is 1. The number of aliphatic imine (C=N–C) groups is 1. The molecule has 3 nitrogen and oxygen atoms in total. The van der Waals surface area contributed by atoms with E-state index in [1.807, 2.05) is 18.2 Å². The zero-order valence-corrected chi connectivity index (χ0v) is 8.57. The van der Waals surface area contributed by atoms with Crippen molar-refractivity contribution in [3.05, 3.63) is 29.8 Å². The number of anilines is 1. The van der Waals surface area contributed by atoms with E-state index in [1.54, 1.807) is 0 Å². The Morgan fingerprint density at radius 3 is 3.07 bits per heavy atom. The lowest BCUT2D eigenvalue weighted by molar-refractivity contribution is -0.116. The van der Waals surface area contributed by atoms with Gasteiger partial charge in [0.25, 0.3) is 0 Å². The highest BCUT2D eigenvalue weighted by molar-refractivity contribution is 5.92. The summed E-state index contributed by atoms with van der Waals surface area (Å²) >= 11 is 0. The molecule has 1 aromatic carbocycles. The molecule has 0 saturated carbocycles. The van der Waals surface area contributed by atoms with E-state index in [0.717, 1.165) is 12.1 Å². The lowest BCUT2D eigenvalue weighted by Gasteiger charge is -2.13. The highest BCUT2D eigenvalue weighted by atomic mass is 16.1. The Bertz CT molecular complexity index is 387. The molecule has 1 aliphatic rings. The number of para-hydroxylation sites is 1. The third-order valence-electron chi connectivity index (χ3n) is 2.74. The van der Waals surface area contributed by atoms with Crippen LogP contribution in [0.4, 0.5) is 5.69 Å². The summed E-state index contributed by atoms with van der Waals surface area (Å²) in [7, 11) is 0. The molecule has 0 aliphatic carbocycles. The lowest BCUT2D eigenvalue weighted by Crippen LogP contribution is -2.08. The standard InChI is InChI=1S/C12H14N2O/c1-13-8-9-6-7-12(15)14-11-5-3-2-4-10(9)11/h2-5,9H,1,6-8H2,(H,14,15). The number of fused-ring (bicyclic) bond motifs is 1. The molecule has 15 heavy (non-hydrogen) atoms. The SMILES string of the molecule is C=NCC1CCC(=O)Nc2ccccc21. The minimum atomic E-state index is 0.0917. The third kappa shape index (κ3) is 2.06. The molecule has 3 heteroatoms. The summed E-state index contributed by atoms with van der Waals surface area (Å²) in [5.74, 6) is 0.409. The highest BCUT2D eigenvalue weighted by Crippen LogP contribution is 2.31. The van der Waals surface area contributed by atoms with Gasteiger partial charge in [-0.15, -0.1) is 0 Å². The molecule has 1 unspecified atom stereocenters. The van der Waals surface area contributed by atoms with Gasteiger partial charge < -0.3 is 10.3 Å². The van der Waals surface area contributed by atoms with Crippen molar-refractivity contribution >= 4 is 18.3 Å². The molecule has 1 atom stereocenters. The minimum Gasteiger partial charge on any atom is -0.326 e. The molecule has 1 heterocycles. The molecule has 0 bridgehead atoms. The van der Waals surface area contributed by atoms with Gasteiger partial charge in [0.15, 0.2) is 0 Å². The molecule has 0 spiro atoms. The largest absolute Gasteiger partial charge is 0.326 e. The van der Waals surface area contributed by atoms with Gasteiger partial charge in [0, 0.05) is 24.6 Å². The maximum Gasteiger partial charge on any atom is 0.224 e. The van der Waals surface area contributed by atoms with Gasteiger partial charge in [-0.25, -0.2) is 0 Å². The number of hydrogen-bond acceptors (Lipinski definition) is 2. The van der Waals surface area contributed by atoms with Crippen LogP contribution in [-0.4, -0.2) is 19.2 Å². The smallest absolute Gasteiger partial charge is 0.224 e. The van der Waals surface area contributed by atoms with Crippen molar-refractivity contribution < 1.29 is 4.79 Å². The molecule has 1 amide bonds. The molecule has 0 saturated heterocycles. The van der Waals surface area contributed by atoms with E-state index in [4.69, 9.17) is 0 Å². The Morgan fingerprint density at radius 1 is 1.47 bits per heavy atom. The first-order chi connectivity index (χ1) is 7.31. The monoisotopic (exact) mass is 202 g/mol. The van der Waals surface area contributed by atoms with E-state index in [0.29, 0.717) is 18.9 Å². The van der Waals surface area contributed by atoms with Crippen LogP contribution in [0, 0.1) is 0 Å². The summed E-state index contributed by atoms with van der Waals surface area (Å²) in [5, 5.41) is 2.91. The van der Waals surface area contributed by atoms with Crippen LogP contribution in [0.5, 0.6) is 0 Å². The second-order valence-corrected chi connectivity index (χ2v) is 3.78. The van der Waals surface area contributed by atoms with Crippen LogP contribution >= 0.6 is 0 Å². The summed E-state index contributed by atoms with van der Waals surface area (Å²) in [4.78, 5) is 15.4. The van der Waals surface area contributed by atoms with Crippen LogP contribution in [0.15, 0.2) is 29.3 Å². The van der Waals surface area contributed by atoms with E-state index in [1.165, 1.54) is 5.56 Å². The Balaban J connectivity index is 2.37. The van der Waals surface area contributed by atoms with Crippen LogP contribution in [0.3, 0.4) is 0 Å². The number of nitrogens with one attached hydrogen (secondary N) is 1. The minimum absolute atomic E-state index is 0.0917. The molecule has 0 radical (unpaired) electrons. The van der Waals surface area contributed by atoms with Gasteiger partial charge in [-0.3, -0.25) is 4.79 Å². The van der Waals surface area contributed by atoms with E-state index < -0.39 is 0 Å². The predicted octanol–water partition coefficient (Wildman–Crippen LogP) is 2.20. The van der Waals surface area contributed by atoms with E-state index in [2.05, 4.69) is 23.1 Å². The predicted molar refractivity (Wildman–Crippen MR) is 61.5 cm³/mol. The van der Waals surface area contributed by atoms with Gasteiger partial charge in [0.1, 0.15) is 0 Å². The number of nitrogens with zero attached hydrogens (tertiary/aromatic N) is 1. The summed E-state index contributed by atoms with van der Waals surface area (Å²) in [6, 6.07) is 7.92. The average molecular weight is 202 g/mol. The van der Waals surface area contributed by atoms with Gasteiger partial charge in [-0.05, 0) is 24.8 Å². The van der Waals surface area contributed by atoms with Crippen molar-refractivity contribution in [3.63, 3.8) is 0 Å². The number of rotatable bonds is 2. The van der Waals surface area contributed by atoms with E-state index in [-0.39, 0.29) is 5.91 Å². The van der Waals surface area contributed by atoms with Crippen LogP contribution in [0.2, 0.25) is 0 Å². The normalized spacial score (nSPS) is 20.0. The van der Waals surface area contributed by atoms with Crippen molar-refractivity contribution in [2.45, 2.75) is 18.8 Å². The first kappa shape index (κ1) is 9.90. The quantitative estimate of drug-likeness (QED) is 0.734. The molecule has 2 rings (SSSR count). The van der Waals surface area contributed by atoms with Crippen LogP contribution in [0.25, 0.3) is 0 Å². The van der Waals surface area contributed by atoms with Crippen molar-refractivity contribution in [1.82, 2.24) is 0 Å². The lowest BCUT2D eigenvalue weighted by atomic mass is 9.94. The van der Waals surface area contributed by atoms with E-state index >= 15 is 0 Å². The topological polar surface area (TPSA) is 41.5 Å². The summed E-state index contributed by atoms with van der Waals surface area (Å²) in [6.45, 7) is 4.21. The van der Waals surface area contributed by atoms with Crippen molar-refractivity contribution in [2.75, 3.05) is 11.9 Å². The molecule has 1 aromatic rings. The van der Waals surface area contributed by atoms with Crippen molar-refractivity contribution in [3.8, 4) is 0 Å². The van der Waals surface area contributed by atoms with Crippen LogP contribution in [-0.2, 0) is 4.79 Å². The molecule has 1 aliphatic heterocycles. The Kier molecular flexibility index (Phi) is 2.81. The number of hydrogen-bond donors (Lipinski definition) is 1. The number of amides is 1. The Hall–Kier alpha value is -1.64.